The van der Waals surface area contributed by atoms with Gasteiger partial charge in [-0.05, 0) is 44.5 Å². The number of nitrogens with one attached hydrogen (secondary N) is 2. The lowest BCUT2D eigenvalue weighted by atomic mass is 10.00. The summed E-state index contributed by atoms with van der Waals surface area (Å²) in [6.07, 6.45) is 2.46. The molecule has 0 aromatic heterocycles. The first kappa shape index (κ1) is 22.1. The normalized spacial score (nSPS) is 18.4. The van der Waals surface area contributed by atoms with Gasteiger partial charge in [0.25, 0.3) is 5.91 Å². The number of carbonyl (C=O) groups excluding carboxylic acids is 2. The molecule has 0 aliphatic carbocycles. The fourth-order valence-electron chi connectivity index (χ4n) is 2.80. The summed E-state index contributed by atoms with van der Waals surface area (Å²) in [5.74, 6) is -2.20. The number of aldehydes is 1. The highest BCUT2D eigenvalue weighted by molar-refractivity contribution is 6.29. The van der Waals surface area contributed by atoms with Crippen LogP contribution < -0.4 is 10.6 Å². The number of β-amino-alcohol motifs (C(OH)–C–C–N with tert-alkyl or cyclic N) is 1. The maximum atomic E-state index is 12.5. The highest BCUT2D eigenvalue weighted by Crippen LogP contribution is 2.15. The van der Waals surface area contributed by atoms with Crippen LogP contribution >= 0.6 is 0 Å². The molecule has 0 bridgehead atoms. The molecule has 6 nitrogen and oxygen atoms in total. The minimum Gasteiger partial charge on any atom is -0.390 e. The van der Waals surface area contributed by atoms with Gasteiger partial charge in [0.1, 0.15) is 0 Å². The van der Waals surface area contributed by atoms with E-state index in [2.05, 4.69) is 17.1 Å². The van der Waals surface area contributed by atoms with Crippen molar-refractivity contribution < 1.29 is 23.5 Å². The van der Waals surface area contributed by atoms with E-state index in [1.54, 1.807) is 0 Å². The van der Waals surface area contributed by atoms with E-state index in [0.29, 0.717) is 6.54 Å². The molecule has 0 saturated carbocycles. The van der Waals surface area contributed by atoms with Gasteiger partial charge in [-0.3, -0.25) is 9.59 Å². The minimum absolute atomic E-state index is 0.0380. The number of amides is 1. The number of carbonyl (C=O) groups is 2. The summed E-state index contributed by atoms with van der Waals surface area (Å²) in [5.41, 5.74) is 0.0380. The molecule has 2 unspecified atom stereocenters. The number of nitrogens with zero attached hydrogens (tertiary/aromatic N) is 1. The molecule has 8 heteroatoms. The molecular weight excluding hydrogens is 344 g/mol. The predicted octanol–water partition coefficient (Wildman–Crippen LogP) is 1.40. The van der Waals surface area contributed by atoms with Crippen molar-refractivity contribution in [2.24, 2.45) is 5.92 Å². The van der Waals surface area contributed by atoms with Crippen LogP contribution in [0.3, 0.4) is 0 Å². The lowest BCUT2D eigenvalue weighted by Gasteiger charge is -2.32. The molecule has 1 aliphatic rings. The SMILES string of the molecule is CNCC(O)CN1CCCC(C)C1.O=CC(=O)Nc1ccc(F)c(F)c1. The Balaban J connectivity index is 0.000000260. The number of aliphatic hydroxyl groups is 1. The number of aliphatic hydroxyl groups excluding tert-OH is 1. The van der Waals surface area contributed by atoms with Gasteiger partial charge in [-0.2, -0.15) is 0 Å². The Kier molecular flexibility index (Phi) is 9.93. The number of likely N-dealkylation sites (N-methyl/N-ethyl adjacent to an activating group) is 1. The predicted molar refractivity (Wildman–Crippen MR) is 95.8 cm³/mol. The number of halogens is 2. The highest BCUT2D eigenvalue weighted by Gasteiger charge is 2.18. The van der Waals surface area contributed by atoms with E-state index >= 15 is 0 Å². The largest absolute Gasteiger partial charge is 0.390 e. The van der Waals surface area contributed by atoms with Crippen molar-refractivity contribution in [1.29, 1.82) is 0 Å². The molecule has 1 fully saturated rings. The molecule has 26 heavy (non-hydrogen) atoms. The van der Waals surface area contributed by atoms with Crippen LogP contribution in [0.15, 0.2) is 18.2 Å². The summed E-state index contributed by atoms with van der Waals surface area (Å²) in [5, 5.41) is 14.6. The van der Waals surface area contributed by atoms with Gasteiger partial charge in [0, 0.05) is 31.4 Å². The van der Waals surface area contributed by atoms with Crippen LogP contribution in [0.25, 0.3) is 0 Å². The smallest absolute Gasteiger partial charge is 0.288 e. The molecule has 1 saturated heterocycles. The van der Waals surface area contributed by atoms with Gasteiger partial charge in [-0.1, -0.05) is 6.92 Å². The second-order valence-electron chi connectivity index (χ2n) is 6.45. The first-order chi connectivity index (χ1) is 12.3. The first-order valence-corrected chi connectivity index (χ1v) is 8.62. The summed E-state index contributed by atoms with van der Waals surface area (Å²) in [6.45, 7) is 6.12. The molecular formula is C18H27F2N3O3. The minimum atomic E-state index is -1.08. The summed E-state index contributed by atoms with van der Waals surface area (Å²) >= 11 is 0. The zero-order chi connectivity index (χ0) is 19.5. The Hall–Kier alpha value is -1.90. The van der Waals surface area contributed by atoms with Crippen molar-refractivity contribution in [2.45, 2.75) is 25.9 Å². The second kappa shape index (κ2) is 11.7. The molecule has 1 heterocycles. The molecule has 1 amide bonds. The van der Waals surface area contributed by atoms with Gasteiger partial charge in [-0.25, -0.2) is 8.78 Å². The molecule has 0 radical (unpaired) electrons. The van der Waals surface area contributed by atoms with E-state index in [9.17, 15) is 23.5 Å². The molecule has 2 atom stereocenters. The zero-order valence-corrected chi connectivity index (χ0v) is 15.2. The summed E-state index contributed by atoms with van der Waals surface area (Å²) in [4.78, 5) is 22.7. The fraction of sp³-hybridized carbons (Fsp3) is 0.556. The van der Waals surface area contributed by atoms with Crippen LogP contribution in [0.4, 0.5) is 14.5 Å². The van der Waals surface area contributed by atoms with E-state index < -0.39 is 17.5 Å². The number of piperidine rings is 1. The van der Waals surface area contributed by atoms with Crippen molar-refractivity contribution >= 4 is 17.9 Å². The standard InChI is InChI=1S/C10H22N2O.C8H5F2NO2/c1-9-4-3-5-12(7-9)8-10(13)6-11-2;9-6-2-1-5(3-7(6)10)11-8(13)4-12/h9-11,13H,3-8H2,1-2H3;1-4H,(H,11,13). The quantitative estimate of drug-likeness (QED) is 0.520. The summed E-state index contributed by atoms with van der Waals surface area (Å²) in [6, 6.07) is 2.80. The third kappa shape index (κ3) is 8.46. The van der Waals surface area contributed by atoms with Gasteiger partial charge >= 0.3 is 0 Å². The molecule has 1 aliphatic heterocycles. The first-order valence-electron chi connectivity index (χ1n) is 8.62. The molecule has 0 spiro atoms. The van der Waals surface area contributed by atoms with Crippen LogP contribution in [-0.2, 0) is 9.59 Å². The maximum absolute atomic E-state index is 12.5. The Morgan fingerprint density at radius 3 is 2.73 bits per heavy atom. The van der Waals surface area contributed by atoms with Gasteiger partial charge in [0.05, 0.1) is 6.10 Å². The van der Waals surface area contributed by atoms with Crippen LogP contribution in [0.5, 0.6) is 0 Å². The number of rotatable bonds is 6. The fourth-order valence-corrected chi connectivity index (χ4v) is 2.80. The molecule has 1 aromatic carbocycles. The maximum Gasteiger partial charge on any atom is 0.288 e. The van der Waals surface area contributed by atoms with E-state index in [4.69, 9.17) is 0 Å². The monoisotopic (exact) mass is 371 g/mol. The third-order valence-electron chi connectivity index (χ3n) is 3.94. The highest BCUT2D eigenvalue weighted by atomic mass is 19.2. The Morgan fingerprint density at radius 2 is 2.15 bits per heavy atom. The zero-order valence-electron chi connectivity index (χ0n) is 15.2. The number of anilines is 1. The van der Waals surface area contributed by atoms with Crippen molar-refractivity contribution in [1.82, 2.24) is 10.2 Å². The average molecular weight is 371 g/mol. The Morgan fingerprint density at radius 1 is 1.42 bits per heavy atom. The molecule has 2 rings (SSSR count). The second-order valence-corrected chi connectivity index (χ2v) is 6.45. The van der Waals surface area contributed by atoms with E-state index in [1.807, 2.05) is 12.4 Å². The number of benzene rings is 1. The van der Waals surface area contributed by atoms with Gasteiger partial charge < -0.3 is 20.6 Å². The van der Waals surface area contributed by atoms with Crippen LogP contribution in [-0.4, -0.2) is 61.5 Å². The van der Waals surface area contributed by atoms with E-state index in [-0.39, 0.29) is 18.1 Å². The van der Waals surface area contributed by atoms with Gasteiger partial charge in [-0.15, -0.1) is 0 Å². The number of hydrogen-bond acceptors (Lipinski definition) is 5. The molecule has 146 valence electrons. The average Bonchev–Trinajstić information content (AvgIpc) is 2.59. The lowest BCUT2D eigenvalue weighted by Crippen LogP contribution is -2.42. The Labute approximate surface area is 152 Å². The summed E-state index contributed by atoms with van der Waals surface area (Å²) < 4.78 is 24.9. The Bertz CT molecular complexity index is 587. The van der Waals surface area contributed by atoms with Crippen LogP contribution in [0, 0.1) is 17.6 Å². The van der Waals surface area contributed by atoms with Crippen LogP contribution in [0.1, 0.15) is 19.8 Å². The van der Waals surface area contributed by atoms with E-state index in [1.165, 1.54) is 12.8 Å². The number of hydrogen-bond donors (Lipinski definition) is 3. The molecule has 1 aromatic rings. The lowest BCUT2D eigenvalue weighted by molar-refractivity contribution is -0.127. The van der Waals surface area contributed by atoms with Crippen molar-refractivity contribution in [3.05, 3.63) is 29.8 Å². The number of likely N-dealkylation sites (tertiary alicyclic amines) is 1. The van der Waals surface area contributed by atoms with Crippen molar-refractivity contribution in [3.63, 3.8) is 0 Å². The van der Waals surface area contributed by atoms with Crippen molar-refractivity contribution in [2.75, 3.05) is 38.5 Å². The van der Waals surface area contributed by atoms with Gasteiger partial charge in [0.2, 0.25) is 6.29 Å². The van der Waals surface area contributed by atoms with Crippen LogP contribution in [0.2, 0.25) is 0 Å². The summed E-state index contributed by atoms with van der Waals surface area (Å²) in [7, 11) is 1.88. The van der Waals surface area contributed by atoms with E-state index in [0.717, 1.165) is 43.8 Å². The van der Waals surface area contributed by atoms with Crippen molar-refractivity contribution in [3.8, 4) is 0 Å². The van der Waals surface area contributed by atoms with Gasteiger partial charge in [0.15, 0.2) is 11.6 Å². The third-order valence-corrected chi connectivity index (χ3v) is 3.94. The topological polar surface area (TPSA) is 81.7 Å². The molecule has 3 N–H and O–H groups in total.